The number of hydrogen-bond acceptors (Lipinski definition) is 4. The zero-order valence-corrected chi connectivity index (χ0v) is 26.8. The molecule has 0 N–H and O–H groups in total. The second-order valence-electron chi connectivity index (χ2n) is 12.1. The van der Waals surface area contributed by atoms with Crippen LogP contribution in [0.1, 0.15) is 51.2 Å². The predicted octanol–water partition coefficient (Wildman–Crippen LogP) is 9.23. The van der Waals surface area contributed by atoms with Crippen LogP contribution in [0.2, 0.25) is 25.7 Å². The van der Waals surface area contributed by atoms with Gasteiger partial charge in [0.1, 0.15) is 23.4 Å². The highest BCUT2D eigenvalue weighted by Gasteiger charge is 2.38. The minimum Gasteiger partial charge on any atom is -0.493 e. The van der Waals surface area contributed by atoms with E-state index >= 15 is 0 Å². The van der Waals surface area contributed by atoms with Crippen molar-refractivity contribution in [3.63, 3.8) is 0 Å². The van der Waals surface area contributed by atoms with E-state index in [-0.39, 0.29) is 11.7 Å². The van der Waals surface area contributed by atoms with E-state index in [1.165, 1.54) is 12.1 Å². The Balaban J connectivity index is 1.68. The van der Waals surface area contributed by atoms with Crippen molar-refractivity contribution in [2.45, 2.75) is 51.8 Å². The lowest BCUT2D eigenvalue weighted by molar-refractivity contribution is 0.0762. The van der Waals surface area contributed by atoms with Crippen LogP contribution in [-0.2, 0) is 13.1 Å². The second-order valence-corrected chi connectivity index (χ2v) is 17.8. The number of benzene rings is 4. The fraction of sp³-hybridized carbons (Fsp3) is 0.243. The molecule has 226 valence electrons. The van der Waals surface area contributed by atoms with E-state index < -0.39 is 14.2 Å². The Hall–Kier alpha value is -4.49. The van der Waals surface area contributed by atoms with Gasteiger partial charge in [-0.1, -0.05) is 105 Å². The van der Waals surface area contributed by atoms with Gasteiger partial charge in [-0.15, -0.1) is 0 Å². The largest absolute Gasteiger partial charge is 0.493 e. The maximum Gasteiger partial charge on any atom is 0.258 e. The zero-order chi connectivity index (χ0) is 31.3. The van der Waals surface area contributed by atoms with Gasteiger partial charge in [0.15, 0.2) is 5.75 Å². The number of halogens is 1. The highest BCUT2D eigenvalue weighted by molar-refractivity contribution is 6.76. The lowest BCUT2D eigenvalue weighted by Gasteiger charge is -2.25. The van der Waals surface area contributed by atoms with Gasteiger partial charge in [0, 0.05) is 32.0 Å². The van der Waals surface area contributed by atoms with Crippen molar-refractivity contribution in [2.75, 3.05) is 6.61 Å². The number of nitrogens with zero attached hydrogens (tertiary/aromatic N) is 2. The molecule has 1 aliphatic heterocycles. The third-order valence-electron chi connectivity index (χ3n) is 7.66. The van der Waals surface area contributed by atoms with E-state index in [9.17, 15) is 9.18 Å². The second kappa shape index (κ2) is 13.4. The van der Waals surface area contributed by atoms with Crippen molar-refractivity contribution in [3.8, 4) is 11.5 Å². The van der Waals surface area contributed by atoms with Gasteiger partial charge in [-0.2, -0.15) is 0 Å². The molecule has 0 aromatic heterocycles. The molecule has 0 spiro atoms. The standard InChI is InChI=1S/C37H39FN2O3Si/c1-6-30-33(39-7-2)36(43-34(27-14-10-8-11-15-27)28-16-12-9-13-17-28)32-31(35(30)42-22-23-44(3,4)5)25-40(37(32)41)24-26-18-20-29(38)21-19-26/h6-21,34H,1,22-25H2,2-5H3. The molecule has 1 amide bonds. The molecule has 4 aromatic carbocycles. The summed E-state index contributed by atoms with van der Waals surface area (Å²) in [6.45, 7) is 14.1. The molecule has 1 heterocycles. The lowest BCUT2D eigenvalue weighted by Crippen LogP contribution is -2.23. The van der Waals surface area contributed by atoms with Gasteiger partial charge in [0.25, 0.3) is 5.91 Å². The van der Waals surface area contributed by atoms with Gasteiger partial charge in [0.05, 0.1) is 18.7 Å². The Kier molecular flexibility index (Phi) is 9.45. The average Bonchev–Trinajstić information content (AvgIpc) is 3.33. The number of ether oxygens (including phenoxy) is 2. The van der Waals surface area contributed by atoms with Crippen molar-refractivity contribution >= 4 is 32.0 Å². The van der Waals surface area contributed by atoms with Gasteiger partial charge >= 0.3 is 0 Å². The van der Waals surface area contributed by atoms with E-state index in [4.69, 9.17) is 14.5 Å². The summed E-state index contributed by atoms with van der Waals surface area (Å²) in [5.74, 6) is 0.517. The zero-order valence-electron chi connectivity index (χ0n) is 25.8. The molecule has 0 atom stereocenters. The average molecular weight is 607 g/mol. The summed E-state index contributed by atoms with van der Waals surface area (Å²) in [6.07, 6.45) is 2.94. The van der Waals surface area contributed by atoms with E-state index in [2.05, 4.69) is 26.2 Å². The number of carbonyl (C=O) groups is 1. The smallest absolute Gasteiger partial charge is 0.258 e. The van der Waals surface area contributed by atoms with Crippen molar-refractivity contribution in [1.29, 1.82) is 0 Å². The molecule has 0 bridgehead atoms. The van der Waals surface area contributed by atoms with Gasteiger partial charge in [-0.05, 0) is 41.8 Å². The molecule has 5 rings (SSSR count). The SMILES string of the molecule is C=Cc1c(N=CC)c(OC(c2ccccc2)c2ccccc2)c2c(c1OCC[Si](C)(C)C)CN(Cc1ccc(F)cc1)C2=O. The molecule has 0 saturated heterocycles. The summed E-state index contributed by atoms with van der Waals surface area (Å²) in [5.41, 5.74) is 5.14. The summed E-state index contributed by atoms with van der Waals surface area (Å²) in [5, 5.41) is 0. The Morgan fingerprint density at radius 3 is 2.11 bits per heavy atom. The molecule has 4 aromatic rings. The van der Waals surface area contributed by atoms with Crippen LogP contribution in [-0.4, -0.2) is 31.7 Å². The molecule has 0 radical (unpaired) electrons. The minimum absolute atomic E-state index is 0.183. The predicted molar refractivity (Wildman–Crippen MR) is 179 cm³/mol. The van der Waals surface area contributed by atoms with Gasteiger partial charge in [-0.3, -0.25) is 9.79 Å². The summed E-state index contributed by atoms with van der Waals surface area (Å²) in [6, 6.07) is 27.1. The molecule has 44 heavy (non-hydrogen) atoms. The third-order valence-corrected chi connectivity index (χ3v) is 9.36. The van der Waals surface area contributed by atoms with Crippen molar-refractivity contribution in [3.05, 3.63) is 131 Å². The highest BCUT2D eigenvalue weighted by atomic mass is 28.3. The molecule has 0 aliphatic carbocycles. The van der Waals surface area contributed by atoms with Crippen molar-refractivity contribution in [2.24, 2.45) is 4.99 Å². The van der Waals surface area contributed by atoms with Crippen LogP contribution in [0.3, 0.4) is 0 Å². The first-order valence-electron chi connectivity index (χ1n) is 15.0. The van der Waals surface area contributed by atoms with E-state index in [0.717, 1.165) is 28.3 Å². The lowest BCUT2D eigenvalue weighted by atomic mass is 9.98. The molecule has 1 aliphatic rings. The number of aliphatic imine (C=N–C) groups is 1. The molecule has 0 unspecified atom stereocenters. The first-order chi connectivity index (χ1) is 21.2. The number of amides is 1. The topological polar surface area (TPSA) is 51.1 Å². The summed E-state index contributed by atoms with van der Waals surface area (Å²) in [7, 11) is -1.40. The number of rotatable bonds is 12. The molecule has 5 nitrogen and oxygen atoms in total. The molecule has 0 fully saturated rings. The third kappa shape index (κ3) is 6.84. The highest BCUT2D eigenvalue weighted by Crippen LogP contribution is 2.50. The van der Waals surface area contributed by atoms with Gasteiger partial charge < -0.3 is 14.4 Å². The first kappa shape index (κ1) is 30.9. The molecule has 0 saturated carbocycles. The van der Waals surface area contributed by atoms with Crippen LogP contribution in [0, 0.1) is 5.82 Å². The summed E-state index contributed by atoms with van der Waals surface area (Å²) < 4.78 is 27.1. The molecular formula is C37H39FN2O3Si. The van der Waals surface area contributed by atoms with Gasteiger partial charge in [-0.25, -0.2) is 4.39 Å². The normalized spacial score (nSPS) is 13.0. The molecule has 7 heteroatoms. The van der Waals surface area contributed by atoms with Crippen LogP contribution in [0.25, 0.3) is 6.08 Å². The van der Waals surface area contributed by atoms with Gasteiger partial charge in [0.2, 0.25) is 0 Å². The van der Waals surface area contributed by atoms with Crippen LogP contribution < -0.4 is 9.47 Å². The Morgan fingerprint density at radius 2 is 1.57 bits per heavy atom. The van der Waals surface area contributed by atoms with E-state index in [0.29, 0.717) is 48.0 Å². The van der Waals surface area contributed by atoms with Crippen LogP contribution in [0.5, 0.6) is 11.5 Å². The number of fused-ring (bicyclic) bond motifs is 1. The Bertz CT molecular complexity index is 1610. The summed E-state index contributed by atoms with van der Waals surface area (Å²) in [4.78, 5) is 20.8. The molecular weight excluding hydrogens is 568 g/mol. The van der Waals surface area contributed by atoms with Crippen molar-refractivity contribution < 1.29 is 18.7 Å². The van der Waals surface area contributed by atoms with Crippen molar-refractivity contribution in [1.82, 2.24) is 4.90 Å². The fourth-order valence-corrected chi connectivity index (χ4v) is 6.10. The van der Waals surface area contributed by atoms with Crippen LogP contribution in [0.4, 0.5) is 10.1 Å². The minimum atomic E-state index is -1.40. The number of carbonyl (C=O) groups excluding carboxylic acids is 1. The van der Waals surface area contributed by atoms with Crippen LogP contribution in [0.15, 0.2) is 96.5 Å². The fourth-order valence-electron chi connectivity index (χ4n) is 5.38. The van der Waals surface area contributed by atoms with E-state index in [1.54, 1.807) is 29.3 Å². The Labute approximate surface area is 260 Å². The Morgan fingerprint density at radius 1 is 0.955 bits per heavy atom. The maximum absolute atomic E-state index is 14.3. The quantitative estimate of drug-likeness (QED) is 0.119. The van der Waals surface area contributed by atoms with Crippen LogP contribution >= 0.6 is 0 Å². The maximum atomic E-state index is 14.3. The number of hydrogen-bond donors (Lipinski definition) is 0. The van der Waals surface area contributed by atoms with E-state index in [1.807, 2.05) is 67.6 Å². The monoisotopic (exact) mass is 606 g/mol. The first-order valence-corrected chi connectivity index (χ1v) is 18.7. The summed E-state index contributed by atoms with van der Waals surface area (Å²) >= 11 is 0.